The molecule has 0 radical (unpaired) electrons. The molecule has 0 aliphatic carbocycles. The maximum Gasteiger partial charge on any atom is 0.203 e. The minimum atomic E-state index is 0.356. The number of H-pyrrole nitrogens is 1. The average Bonchev–Trinajstić information content (AvgIpc) is 2.96. The number of rotatable bonds is 2. The van der Waals surface area contributed by atoms with Crippen LogP contribution in [0, 0.1) is 6.92 Å². The summed E-state index contributed by atoms with van der Waals surface area (Å²) < 4.78 is 1.87. The summed E-state index contributed by atoms with van der Waals surface area (Å²) in [4.78, 5) is 10.9. The number of aryl methyl sites for hydroxylation is 1. The zero-order valence-corrected chi connectivity index (χ0v) is 10.4. The van der Waals surface area contributed by atoms with Gasteiger partial charge in [0.1, 0.15) is 12.2 Å². The Morgan fingerprint density at radius 1 is 1.37 bits per heavy atom. The van der Waals surface area contributed by atoms with E-state index in [1.807, 2.05) is 17.5 Å². The summed E-state index contributed by atoms with van der Waals surface area (Å²) in [5, 5.41) is 15.1. The number of hydrogen-bond donors (Lipinski definition) is 1. The van der Waals surface area contributed by atoms with Crippen LogP contribution < -0.4 is 4.90 Å². The van der Waals surface area contributed by atoms with Gasteiger partial charge in [0.2, 0.25) is 5.65 Å². The number of hydrogen-bond acceptors (Lipinski definition) is 6. The van der Waals surface area contributed by atoms with Gasteiger partial charge in [0.25, 0.3) is 0 Å². The van der Waals surface area contributed by atoms with Gasteiger partial charge in [0, 0.05) is 25.5 Å². The Morgan fingerprint density at radius 2 is 2.26 bits per heavy atom. The Labute approximate surface area is 108 Å². The molecule has 0 spiro atoms. The molecular weight excluding hydrogens is 244 g/mol. The van der Waals surface area contributed by atoms with Crippen molar-refractivity contribution in [1.29, 1.82) is 0 Å². The molecule has 1 fully saturated rings. The molecule has 0 amide bonds. The van der Waals surface area contributed by atoms with Crippen LogP contribution in [0.2, 0.25) is 0 Å². The van der Waals surface area contributed by atoms with Gasteiger partial charge in [0.15, 0.2) is 11.6 Å². The van der Waals surface area contributed by atoms with E-state index >= 15 is 0 Å². The standard InChI is InChI=1S/C11H12N8/c1-7-14-9(16-15-7)8-4-19(5-8)10-11-17-13-6-18(11)3-2-12-10/h2-3,6,8H,4-5H2,1H3,(H,14,15,16). The van der Waals surface area contributed by atoms with E-state index in [0.29, 0.717) is 5.92 Å². The summed E-state index contributed by atoms with van der Waals surface area (Å²) in [5.41, 5.74) is 0.784. The lowest BCUT2D eigenvalue weighted by Crippen LogP contribution is -2.46. The number of aromatic amines is 1. The fourth-order valence-electron chi connectivity index (χ4n) is 2.33. The molecule has 96 valence electrons. The molecule has 4 heterocycles. The number of anilines is 1. The van der Waals surface area contributed by atoms with Crippen molar-refractivity contribution in [3.05, 3.63) is 30.4 Å². The van der Waals surface area contributed by atoms with Crippen LogP contribution in [0.25, 0.3) is 5.65 Å². The maximum atomic E-state index is 4.39. The molecule has 1 N–H and O–H groups in total. The average molecular weight is 256 g/mol. The maximum absolute atomic E-state index is 4.39. The van der Waals surface area contributed by atoms with Crippen molar-refractivity contribution in [1.82, 2.24) is 34.8 Å². The zero-order chi connectivity index (χ0) is 12.8. The van der Waals surface area contributed by atoms with Crippen LogP contribution in [-0.2, 0) is 0 Å². The third kappa shape index (κ3) is 1.56. The molecule has 8 nitrogen and oxygen atoms in total. The second-order valence-corrected chi connectivity index (χ2v) is 4.69. The third-order valence-corrected chi connectivity index (χ3v) is 3.36. The lowest BCUT2D eigenvalue weighted by molar-refractivity contribution is 0.498. The lowest BCUT2D eigenvalue weighted by atomic mass is 10.00. The highest BCUT2D eigenvalue weighted by Gasteiger charge is 2.33. The molecule has 3 aromatic heterocycles. The van der Waals surface area contributed by atoms with Crippen molar-refractivity contribution in [2.75, 3.05) is 18.0 Å². The highest BCUT2D eigenvalue weighted by molar-refractivity contribution is 5.64. The van der Waals surface area contributed by atoms with Crippen LogP contribution in [-0.4, -0.2) is 47.9 Å². The summed E-state index contributed by atoms with van der Waals surface area (Å²) in [5.74, 6) is 2.95. The molecule has 0 unspecified atom stereocenters. The normalized spacial score (nSPS) is 15.9. The highest BCUT2D eigenvalue weighted by Crippen LogP contribution is 2.30. The first-order valence-electron chi connectivity index (χ1n) is 6.09. The van der Waals surface area contributed by atoms with Crippen molar-refractivity contribution < 1.29 is 0 Å². The van der Waals surface area contributed by atoms with Crippen molar-refractivity contribution in [2.45, 2.75) is 12.8 Å². The van der Waals surface area contributed by atoms with Crippen molar-refractivity contribution in [2.24, 2.45) is 0 Å². The van der Waals surface area contributed by atoms with Crippen molar-refractivity contribution >= 4 is 11.5 Å². The summed E-state index contributed by atoms with van der Waals surface area (Å²) >= 11 is 0. The Kier molecular flexibility index (Phi) is 2.05. The van der Waals surface area contributed by atoms with Gasteiger partial charge in [-0.15, -0.1) is 10.2 Å². The Balaban J connectivity index is 1.58. The topological polar surface area (TPSA) is 87.9 Å². The first-order chi connectivity index (χ1) is 9.31. The van der Waals surface area contributed by atoms with Gasteiger partial charge in [-0.2, -0.15) is 5.10 Å². The van der Waals surface area contributed by atoms with Gasteiger partial charge < -0.3 is 4.90 Å². The Hall–Kier alpha value is -2.51. The minimum Gasteiger partial charge on any atom is -0.352 e. The number of fused-ring (bicyclic) bond motifs is 1. The second-order valence-electron chi connectivity index (χ2n) is 4.69. The minimum absolute atomic E-state index is 0.356. The second kappa shape index (κ2) is 3.74. The van der Waals surface area contributed by atoms with Crippen LogP contribution in [0.15, 0.2) is 18.7 Å². The molecule has 0 bridgehead atoms. The fourth-order valence-corrected chi connectivity index (χ4v) is 2.33. The smallest absolute Gasteiger partial charge is 0.203 e. The van der Waals surface area contributed by atoms with E-state index in [1.165, 1.54) is 0 Å². The molecule has 19 heavy (non-hydrogen) atoms. The molecule has 3 aromatic rings. The van der Waals surface area contributed by atoms with E-state index in [4.69, 9.17) is 0 Å². The molecule has 0 saturated carbocycles. The summed E-state index contributed by atoms with van der Waals surface area (Å²) in [6.07, 6.45) is 5.28. The van der Waals surface area contributed by atoms with E-state index in [-0.39, 0.29) is 0 Å². The van der Waals surface area contributed by atoms with Gasteiger partial charge in [-0.05, 0) is 6.92 Å². The zero-order valence-electron chi connectivity index (χ0n) is 10.4. The predicted molar refractivity (Wildman–Crippen MR) is 66.9 cm³/mol. The molecule has 1 saturated heterocycles. The SMILES string of the molecule is Cc1nc(C2CN(c3nccn4cnnc34)C2)n[nH]1. The van der Waals surface area contributed by atoms with Crippen LogP contribution in [0.3, 0.4) is 0 Å². The third-order valence-electron chi connectivity index (χ3n) is 3.36. The molecule has 4 rings (SSSR count). The quantitative estimate of drug-likeness (QED) is 0.702. The van der Waals surface area contributed by atoms with E-state index in [0.717, 1.165) is 36.2 Å². The van der Waals surface area contributed by atoms with Gasteiger partial charge in [0.05, 0.1) is 5.92 Å². The number of nitrogens with zero attached hydrogens (tertiary/aromatic N) is 7. The van der Waals surface area contributed by atoms with E-state index in [1.54, 1.807) is 12.5 Å². The Morgan fingerprint density at radius 3 is 3.05 bits per heavy atom. The molecule has 1 aliphatic heterocycles. The van der Waals surface area contributed by atoms with Crippen LogP contribution in [0.1, 0.15) is 17.6 Å². The molecule has 8 heteroatoms. The molecule has 0 atom stereocenters. The van der Waals surface area contributed by atoms with E-state index in [2.05, 4.69) is 35.3 Å². The van der Waals surface area contributed by atoms with Gasteiger partial charge in [-0.3, -0.25) is 9.50 Å². The lowest BCUT2D eigenvalue weighted by Gasteiger charge is -2.38. The van der Waals surface area contributed by atoms with Crippen LogP contribution in [0.5, 0.6) is 0 Å². The van der Waals surface area contributed by atoms with Crippen LogP contribution >= 0.6 is 0 Å². The van der Waals surface area contributed by atoms with Crippen LogP contribution in [0.4, 0.5) is 5.82 Å². The first kappa shape index (κ1) is 10.4. The molecule has 0 aromatic carbocycles. The van der Waals surface area contributed by atoms with E-state index < -0.39 is 0 Å². The van der Waals surface area contributed by atoms with Gasteiger partial charge in [-0.25, -0.2) is 9.97 Å². The number of nitrogens with one attached hydrogen (secondary N) is 1. The van der Waals surface area contributed by atoms with Crippen molar-refractivity contribution in [3.8, 4) is 0 Å². The summed E-state index contributed by atoms with van der Waals surface area (Å²) in [7, 11) is 0. The number of aromatic nitrogens is 7. The largest absolute Gasteiger partial charge is 0.352 e. The monoisotopic (exact) mass is 256 g/mol. The predicted octanol–water partition coefficient (Wildman–Crippen LogP) is 0.155. The van der Waals surface area contributed by atoms with Gasteiger partial charge in [-0.1, -0.05) is 0 Å². The Bertz CT molecular complexity index is 723. The first-order valence-corrected chi connectivity index (χ1v) is 6.09. The summed E-state index contributed by atoms with van der Waals surface area (Å²) in [6, 6.07) is 0. The highest BCUT2D eigenvalue weighted by atomic mass is 15.3. The summed E-state index contributed by atoms with van der Waals surface area (Å²) in [6.45, 7) is 3.62. The fraction of sp³-hybridized carbons (Fsp3) is 0.364. The molecular formula is C11H12N8. The van der Waals surface area contributed by atoms with Gasteiger partial charge >= 0.3 is 0 Å². The van der Waals surface area contributed by atoms with Crippen molar-refractivity contribution in [3.63, 3.8) is 0 Å². The molecule has 1 aliphatic rings. The van der Waals surface area contributed by atoms with E-state index in [9.17, 15) is 0 Å².